The van der Waals surface area contributed by atoms with Gasteiger partial charge in [-0.2, -0.15) is 5.01 Å². The molecule has 10 heteroatoms. The van der Waals surface area contributed by atoms with Gasteiger partial charge < -0.3 is 0 Å². The summed E-state index contributed by atoms with van der Waals surface area (Å²) in [4.78, 5) is 63.3. The minimum atomic E-state index is -0.773. The van der Waals surface area contributed by atoms with Crippen LogP contribution in [0.1, 0.15) is 46.9 Å². The van der Waals surface area contributed by atoms with Gasteiger partial charge in [-0.15, -0.1) is 0 Å². The monoisotopic (exact) mass is 483 g/mol. The van der Waals surface area contributed by atoms with Gasteiger partial charge in [0.15, 0.2) is 5.78 Å². The predicted molar refractivity (Wildman–Crippen MR) is 122 cm³/mol. The van der Waals surface area contributed by atoms with Crippen LogP contribution in [0.3, 0.4) is 0 Å². The third kappa shape index (κ3) is 4.43. The first-order chi connectivity index (χ1) is 16.2. The van der Waals surface area contributed by atoms with Gasteiger partial charge in [0.1, 0.15) is 6.54 Å². The average molecular weight is 484 g/mol. The number of carbonyl (C=O) groups excluding carboxylic acids is 4. The number of non-ortho nitro benzene ring substituents is 1. The first-order valence-corrected chi connectivity index (χ1v) is 11.3. The van der Waals surface area contributed by atoms with Crippen molar-refractivity contribution < 1.29 is 24.1 Å². The fraction of sp³-hybridized carbons (Fsp3) is 0.333. The number of imide groups is 1. The second-order valence-corrected chi connectivity index (χ2v) is 9.15. The molecule has 0 bridgehead atoms. The van der Waals surface area contributed by atoms with Crippen molar-refractivity contribution in [3.63, 3.8) is 0 Å². The number of hydrogen-bond donors (Lipinski definition) is 0. The van der Waals surface area contributed by atoms with Gasteiger partial charge in [0.25, 0.3) is 23.4 Å². The molecule has 3 atom stereocenters. The summed E-state index contributed by atoms with van der Waals surface area (Å²) in [6.07, 6.45) is 1.88. The highest BCUT2D eigenvalue weighted by atomic mass is 35.5. The summed E-state index contributed by atoms with van der Waals surface area (Å²) in [7, 11) is 0. The number of benzene rings is 2. The molecule has 1 saturated heterocycles. The van der Waals surface area contributed by atoms with Crippen molar-refractivity contribution >= 4 is 40.8 Å². The zero-order valence-corrected chi connectivity index (χ0v) is 19.1. The molecule has 3 amide bonds. The van der Waals surface area contributed by atoms with Crippen molar-refractivity contribution in [1.82, 2.24) is 10.0 Å². The van der Waals surface area contributed by atoms with E-state index in [0.717, 1.165) is 28.6 Å². The number of hydrazine groups is 1. The Bertz CT molecular complexity index is 1160. The molecule has 1 aliphatic carbocycles. The number of amides is 3. The number of nitro benzene ring substituents is 1. The van der Waals surface area contributed by atoms with E-state index in [-0.39, 0.29) is 22.7 Å². The smallest absolute Gasteiger partial charge is 0.273 e. The van der Waals surface area contributed by atoms with E-state index < -0.39 is 46.8 Å². The largest absolute Gasteiger partial charge is 0.292 e. The maximum atomic E-state index is 13.4. The van der Waals surface area contributed by atoms with Gasteiger partial charge in [0.05, 0.1) is 16.8 Å². The van der Waals surface area contributed by atoms with Crippen LogP contribution in [-0.2, 0) is 9.59 Å². The third-order valence-electron chi connectivity index (χ3n) is 6.42. The van der Waals surface area contributed by atoms with Crippen LogP contribution in [0.4, 0.5) is 5.69 Å². The zero-order chi connectivity index (χ0) is 24.6. The second kappa shape index (κ2) is 9.34. The maximum Gasteiger partial charge on any atom is 0.273 e. The van der Waals surface area contributed by atoms with E-state index in [1.165, 1.54) is 36.4 Å². The van der Waals surface area contributed by atoms with Crippen molar-refractivity contribution in [2.45, 2.75) is 26.2 Å². The fourth-order valence-electron chi connectivity index (χ4n) is 4.58. The third-order valence-corrected chi connectivity index (χ3v) is 6.68. The highest BCUT2D eigenvalue weighted by Gasteiger charge is 2.52. The normalized spacial score (nSPS) is 21.8. The number of halogens is 1. The number of Topliss-reactive ketones (excluding diaryl/α,β-unsaturated/α-hetero) is 1. The molecule has 4 rings (SSSR count). The van der Waals surface area contributed by atoms with Crippen molar-refractivity contribution in [3.05, 3.63) is 74.8 Å². The van der Waals surface area contributed by atoms with Gasteiger partial charge in [-0.3, -0.25) is 29.3 Å². The topological polar surface area (TPSA) is 118 Å². The van der Waals surface area contributed by atoms with E-state index in [1.54, 1.807) is 0 Å². The molecule has 1 heterocycles. The summed E-state index contributed by atoms with van der Waals surface area (Å²) >= 11 is 5.89. The summed E-state index contributed by atoms with van der Waals surface area (Å²) < 4.78 is 0. The second-order valence-electron chi connectivity index (χ2n) is 8.72. The van der Waals surface area contributed by atoms with Crippen LogP contribution < -0.4 is 0 Å². The summed E-state index contributed by atoms with van der Waals surface area (Å²) in [5.74, 6) is -3.05. The maximum absolute atomic E-state index is 13.4. The van der Waals surface area contributed by atoms with Crippen molar-refractivity contribution in [3.8, 4) is 0 Å². The summed E-state index contributed by atoms with van der Waals surface area (Å²) in [6.45, 7) is 1.46. The molecule has 2 aliphatic rings. The molecule has 2 aromatic carbocycles. The molecule has 176 valence electrons. The summed E-state index contributed by atoms with van der Waals surface area (Å²) in [5, 5.41) is 13.1. The molecule has 1 saturated carbocycles. The first-order valence-electron chi connectivity index (χ1n) is 10.9. The minimum absolute atomic E-state index is 0.0124. The van der Waals surface area contributed by atoms with Crippen molar-refractivity contribution in [1.29, 1.82) is 0 Å². The number of nitrogens with zero attached hydrogens (tertiary/aromatic N) is 3. The highest BCUT2D eigenvalue weighted by Crippen LogP contribution is 2.41. The van der Waals surface area contributed by atoms with Gasteiger partial charge in [0, 0.05) is 28.3 Å². The Balaban J connectivity index is 1.68. The number of hydrogen-bond acceptors (Lipinski definition) is 6. The molecule has 0 spiro atoms. The standard InChI is InChI=1S/C24H22ClN3O6/c1-14-2-11-19-20(12-14)24(32)27(23(19)31)26(13-21(29)15-3-7-17(25)8-4-15)22(30)16-5-9-18(10-6-16)28(33)34/h3-10,14,19-20H,2,11-13H2,1H3/t14-,19+,20+/m1/s1. The van der Waals surface area contributed by atoms with Crippen molar-refractivity contribution in [2.24, 2.45) is 17.8 Å². The van der Waals surface area contributed by atoms with E-state index in [4.69, 9.17) is 11.6 Å². The molecule has 2 fully saturated rings. The van der Waals surface area contributed by atoms with Crippen LogP contribution in [0.25, 0.3) is 0 Å². The van der Waals surface area contributed by atoms with E-state index in [1.807, 2.05) is 6.92 Å². The molecule has 0 aromatic heterocycles. The van der Waals surface area contributed by atoms with Gasteiger partial charge in [0.2, 0.25) is 0 Å². The summed E-state index contributed by atoms with van der Waals surface area (Å²) in [6, 6.07) is 10.8. The van der Waals surface area contributed by atoms with E-state index in [0.29, 0.717) is 17.9 Å². The Hall–Kier alpha value is -3.59. The SMILES string of the molecule is C[C@@H]1CC[C@@H]2C(=O)N(N(CC(=O)c3ccc(Cl)cc3)C(=O)c3ccc([N+](=O)[O-])cc3)C(=O)[C@H]2C1. The quantitative estimate of drug-likeness (QED) is 0.266. The van der Waals surface area contributed by atoms with E-state index in [9.17, 15) is 29.3 Å². The molecule has 34 heavy (non-hydrogen) atoms. The minimum Gasteiger partial charge on any atom is -0.292 e. The molecule has 0 N–H and O–H groups in total. The zero-order valence-electron chi connectivity index (χ0n) is 18.3. The van der Waals surface area contributed by atoms with Crippen LogP contribution in [-0.4, -0.2) is 45.0 Å². The van der Waals surface area contributed by atoms with Gasteiger partial charge in [-0.1, -0.05) is 18.5 Å². The molecule has 0 unspecified atom stereocenters. The Kier molecular flexibility index (Phi) is 6.47. The van der Waals surface area contributed by atoms with Crippen LogP contribution in [0.2, 0.25) is 5.02 Å². The first kappa shape index (κ1) is 23.6. The Morgan fingerprint density at radius 1 is 1.00 bits per heavy atom. The predicted octanol–water partition coefficient (Wildman–Crippen LogP) is 3.91. The van der Waals surface area contributed by atoms with Gasteiger partial charge >= 0.3 is 0 Å². The lowest BCUT2D eigenvalue weighted by Gasteiger charge is -2.30. The average Bonchev–Trinajstić information content (AvgIpc) is 3.06. The van der Waals surface area contributed by atoms with Crippen LogP contribution in [0.5, 0.6) is 0 Å². The van der Waals surface area contributed by atoms with Crippen molar-refractivity contribution in [2.75, 3.05) is 6.54 Å². The van der Waals surface area contributed by atoms with Gasteiger partial charge in [-0.25, -0.2) is 5.01 Å². The van der Waals surface area contributed by atoms with E-state index >= 15 is 0 Å². The fourth-order valence-corrected chi connectivity index (χ4v) is 4.71. The number of nitro groups is 1. The summed E-state index contributed by atoms with van der Waals surface area (Å²) in [5.41, 5.74) is 0.0584. The lowest BCUT2D eigenvalue weighted by atomic mass is 9.76. The van der Waals surface area contributed by atoms with Crippen LogP contribution >= 0.6 is 11.6 Å². The van der Waals surface area contributed by atoms with Crippen LogP contribution in [0.15, 0.2) is 48.5 Å². The lowest BCUT2D eigenvalue weighted by molar-refractivity contribution is -0.384. The number of carbonyl (C=O) groups is 4. The van der Waals surface area contributed by atoms with Crippen LogP contribution in [0, 0.1) is 27.9 Å². The molecular weight excluding hydrogens is 462 g/mol. The number of rotatable bonds is 6. The Morgan fingerprint density at radius 3 is 2.21 bits per heavy atom. The molecule has 9 nitrogen and oxygen atoms in total. The van der Waals surface area contributed by atoms with Gasteiger partial charge in [-0.05, 0) is 61.6 Å². The molecule has 0 radical (unpaired) electrons. The Morgan fingerprint density at radius 2 is 1.59 bits per heavy atom. The number of fused-ring (bicyclic) bond motifs is 1. The Labute approximate surface area is 200 Å². The molecule has 2 aromatic rings. The lowest BCUT2D eigenvalue weighted by Crippen LogP contribution is -2.52. The molecular formula is C24H22ClN3O6. The van der Waals surface area contributed by atoms with E-state index in [2.05, 4.69) is 0 Å². The number of ketones is 1. The highest BCUT2D eigenvalue weighted by molar-refractivity contribution is 6.30. The molecule has 1 aliphatic heterocycles.